The highest BCUT2D eigenvalue weighted by Crippen LogP contribution is 2.28. The van der Waals surface area contributed by atoms with Crippen LogP contribution in [0.3, 0.4) is 0 Å². The molecule has 0 amide bonds. The van der Waals surface area contributed by atoms with Gasteiger partial charge >= 0.3 is 0 Å². The van der Waals surface area contributed by atoms with E-state index in [0.29, 0.717) is 17.4 Å². The number of hydrogen-bond donors (Lipinski definition) is 1. The highest BCUT2D eigenvalue weighted by Gasteiger charge is 2.20. The summed E-state index contributed by atoms with van der Waals surface area (Å²) in [5, 5.41) is 0.404. The average Bonchev–Trinajstić information content (AvgIpc) is 2.57. The van der Waals surface area contributed by atoms with Crippen molar-refractivity contribution in [2.45, 2.75) is 37.6 Å². The van der Waals surface area contributed by atoms with Crippen molar-refractivity contribution in [3.8, 4) is 5.75 Å². The van der Waals surface area contributed by atoms with Crippen molar-refractivity contribution < 1.29 is 13.2 Å². The minimum Gasteiger partial charge on any atom is -0.492 e. The van der Waals surface area contributed by atoms with E-state index < -0.39 is 10.0 Å². The maximum absolute atomic E-state index is 12.6. The third-order valence-electron chi connectivity index (χ3n) is 3.60. The average molecular weight is 368 g/mol. The van der Waals surface area contributed by atoms with Crippen LogP contribution in [0, 0.1) is 0 Å². The SMILES string of the molecule is CCCCOc1cc(S(=O)(=O)NC(C)c2ccccc2)ccc1Cl. The zero-order valence-electron chi connectivity index (χ0n) is 13.8. The van der Waals surface area contributed by atoms with Gasteiger partial charge in [-0.05, 0) is 31.0 Å². The molecule has 0 radical (unpaired) electrons. The summed E-state index contributed by atoms with van der Waals surface area (Å²) in [5.41, 5.74) is 0.898. The Morgan fingerprint density at radius 1 is 1.17 bits per heavy atom. The van der Waals surface area contributed by atoms with Crippen LogP contribution in [0.15, 0.2) is 53.4 Å². The lowest BCUT2D eigenvalue weighted by Gasteiger charge is -2.15. The van der Waals surface area contributed by atoms with E-state index in [2.05, 4.69) is 11.6 Å². The van der Waals surface area contributed by atoms with Crippen molar-refractivity contribution in [3.05, 3.63) is 59.1 Å². The molecule has 2 aromatic rings. The Bertz CT molecular complexity index is 763. The molecule has 0 aromatic heterocycles. The summed E-state index contributed by atoms with van der Waals surface area (Å²) < 4.78 is 33.5. The third kappa shape index (κ3) is 4.97. The van der Waals surface area contributed by atoms with Crippen LogP contribution in [0.25, 0.3) is 0 Å². The first kappa shape index (κ1) is 18.8. The summed E-state index contributed by atoms with van der Waals surface area (Å²) in [7, 11) is -3.67. The smallest absolute Gasteiger partial charge is 0.241 e. The Morgan fingerprint density at radius 3 is 2.54 bits per heavy atom. The second kappa shape index (κ2) is 8.51. The molecule has 1 atom stereocenters. The molecule has 24 heavy (non-hydrogen) atoms. The zero-order valence-corrected chi connectivity index (χ0v) is 15.4. The van der Waals surface area contributed by atoms with Crippen LogP contribution in [0.2, 0.25) is 5.02 Å². The number of sulfonamides is 1. The van der Waals surface area contributed by atoms with Crippen LogP contribution >= 0.6 is 11.6 Å². The van der Waals surface area contributed by atoms with E-state index in [1.165, 1.54) is 12.1 Å². The molecule has 0 spiro atoms. The summed E-state index contributed by atoms with van der Waals surface area (Å²) >= 11 is 6.09. The second-order valence-electron chi connectivity index (χ2n) is 5.55. The first-order valence-corrected chi connectivity index (χ1v) is 9.80. The standard InChI is InChI=1S/C18H22ClNO3S/c1-3-4-12-23-18-13-16(10-11-17(18)19)24(21,22)20-14(2)15-8-6-5-7-9-15/h5-11,13-14,20H,3-4,12H2,1-2H3. The van der Waals surface area contributed by atoms with Crippen molar-refractivity contribution in [3.63, 3.8) is 0 Å². The van der Waals surface area contributed by atoms with Gasteiger partial charge in [0.2, 0.25) is 10.0 Å². The molecule has 4 nitrogen and oxygen atoms in total. The van der Waals surface area contributed by atoms with Crippen molar-refractivity contribution in [1.29, 1.82) is 0 Å². The van der Waals surface area contributed by atoms with Crippen LogP contribution in [-0.4, -0.2) is 15.0 Å². The summed E-state index contributed by atoms with van der Waals surface area (Å²) in [5.74, 6) is 0.389. The van der Waals surface area contributed by atoms with Gasteiger partial charge < -0.3 is 4.74 Å². The molecule has 130 valence electrons. The Kier molecular flexibility index (Phi) is 6.66. The van der Waals surface area contributed by atoms with Gasteiger partial charge in [-0.1, -0.05) is 55.3 Å². The minimum atomic E-state index is -3.67. The number of ether oxygens (including phenoxy) is 1. The molecule has 0 fully saturated rings. The van der Waals surface area contributed by atoms with Crippen LogP contribution in [0.5, 0.6) is 5.75 Å². The van der Waals surface area contributed by atoms with E-state index in [1.807, 2.05) is 37.3 Å². The molecule has 2 rings (SSSR count). The van der Waals surface area contributed by atoms with Crippen molar-refractivity contribution in [2.75, 3.05) is 6.61 Å². The predicted molar refractivity (Wildman–Crippen MR) is 97.0 cm³/mol. The van der Waals surface area contributed by atoms with Crippen LogP contribution < -0.4 is 9.46 Å². The molecule has 1 unspecified atom stereocenters. The maximum Gasteiger partial charge on any atom is 0.241 e. The van der Waals surface area contributed by atoms with Gasteiger partial charge in [-0.25, -0.2) is 13.1 Å². The molecule has 0 heterocycles. The van der Waals surface area contributed by atoms with Crippen molar-refractivity contribution >= 4 is 21.6 Å². The van der Waals surface area contributed by atoms with Gasteiger partial charge in [-0.2, -0.15) is 0 Å². The van der Waals surface area contributed by atoms with Crippen LogP contribution in [0.1, 0.15) is 38.3 Å². The molecule has 0 aliphatic carbocycles. The van der Waals surface area contributed by atoms with Gasteiger partial charge in [0, 0.05) is 12.1 Å². The Morgan fingerprint density at radius 2 is 1.88 bits per heavy atom. The normalized spacial score (nSPS) is 12.8. The molecule has 0 aliphatic rings. The molecular weight excluding hydrogens is 346 g/mol. The van der Waals surface area contributed by atoms with Gasteiger partial charge in [0.1, 0.15) is 5.75 Å². The molecule has 0 saturated carbocycles. The van der Waals surface area contributed by atoms with Gasteiger partial charge in [0.05, 0.1) is 16.5 Å². The molecule has 0 bridgehead atoms. The molecule has 2 aromatic carbocycles. The largest absolute Gasteiger partial charge is 0.492 e. The Balaban J connectivity index is 2.18. The Hall–Kier alpha value is -1.56. The number of rotatable bonds is 8. The summed E-state index contributed by atoms with van der Waals surface area (Å²) in [4.78, 5) is 0.140. The third-order valence-corrected chi connectivity index (χ3v) is 5.45. The summed E-state index contributed by atoms with van der Waals surface area (Å²) in [6.45, 7) is 4.37. The zero-order chi connectivity index (χ0) is 17.6. The first-order valence-electron chi connectivity index (χ1n) is 7.93. The van der Waals surface area contributed by atoms with E-state index in [0.717, 1.165) is 18.4 Å². The number of hydrogen-bond acceptors (Lipinski definition) is 3. The summed E-state index contributed by atoms with van der Waals surface area (Å²) in [6, 6.07) is 13.6. The minimum absolute atomic E-state index is 0.140. The quantitative estimate of drug-likeness (QED) is 0.696. The molecule has 1 N–H and O–H groups in total. The fourth-order valence-corrected chi connectivity index (χ4v) is 3.62. The van der Waals surface area contributed by atoms with Crippen molar-refractivity contribution in [2.24, 2.45) is 0 Å². The Labute approximate surface area is 148 Å². The number of unbranched alkanes of at least 4 members (excludes halogenated alkanes) is 1. The predicted octanol–water partition coefficient (Wildman–Crippen LogP) is 4.56. The number of nitrogens with one attached hydrogen (secondary N) is 1. The number of halogens is 1. The molecular formula is C18H22ClNO3S. The van der Waals surface area contributed by atoms with Gasteiger partial charge in [-0.3, -0.25) is 0 Å². The maximum atomic E-state index is 12.6. The topological polar surface area (TPSA) is 55.4 Å². The van der Waals surface area contributed by atoms with Crippen LogP contribution in [-0.2, 0) is 10.0 Å². The molecule has 0 saturated heterocycles. The fourth-order valence-electron chi connectivity index (χ4n) is 2.20. The van der Waals surface area contributed by atoms with Crippen molar-refractivity contribution in [1.82, 2.24) is 4.72 Å². The lowest BCUT2D eigenvalue weighted by molar-refractivity contribution is 0.309. The highest BCUT2D eigenvalue weighted by atomic mass is 35.5. The lowest BCUT2D eigenvalue weighted by Crippen LogP contribution is -2.26. The monoisotopic (exact) mass is 367 g/mol. The van der Waals surface area contributed by atoms with E-state index in [1.54, 1.807) is 6.07 Å². The first-order chi connectivity index (χ1) is 11.4. The fraction of sp³-hybridized carbons (Fsp3) is 0.333. The van der Waals surface area contributed by atoms with E-state index >= 15 is 0 Å². The van der Waals surface area contributed by atoms with Gasteiger partial charge in [0.15, 0.2) is 0 Å². The molecule has 0 aliphatic heterocycles. The van der Waals surface area contributed by atoms with Crippen LogP contribution in [0.4, 0.5) is 0 Å². The van der Waals surface area contributed by atoms with E-state index in [-0.39, 0.29) is 10.9 Å². The van der Waals surface area contributed by atoms with E-state index in [4.69, 9.17) is 16.3 Å². The lowest BCUT2D eigenvalue weighted by atomic mass is 10.1. The second-order valence-corrected chi connectivity index (χ2v) is 7.67. The van der Waals surface area contributed by atoms with Gasteiger partial charge in [0.25, 0.3) is 0 Å². The van der Waals surface area contributed by atoms with Gasteiger partial charge in [-0.15, -0.1) is 0 Å². The molecule has 6 heteroatoms. The number of benzene rings is 2. The summed E-state index contributed by atoms with van der Waals surface area (Å²) in [6.07, 6.45) is 1.88. The highest BCUT2D eigenvalue weighted by molar-refractivity contribution is 7.89. The van der Waals surface area contributed by atoms with E-state index in [9.17, 15) is 8.42 Å².